The fraction of sp³-hybridized carbons (Fsp3) is 0.208. The Morgan fingerprint density at radius 3 is 2.19 bits per heavy atom. The topological polar surface area (TPSA) is 68.2 Å². The molecular formula is C24H23FN2O4S. The number of halogens is 1. The third-order valence-electron chi connectivity index (χ3n) is 5.43. The summed E-state index contributed by atoms with van der Waals surface area (Å²) in [6, 6.07) is 17.3. The lowest BCUT2D eigenvalue weighted by Crippen LogP contribution is -2.28. The van der Waals surface area contributed by atoms with Crippen molar-refractivity contribution in [2.75, 3.05) is 14.2 Å². The van der Waals surface area contributed by atoms with Gasteiger partial charge in [0.25, 0.3) is 10.0 Å². The van der Waals surface area contributed by atoms with Crippen molar-refractivity contribution in [3.8, 4) is 11.5 Å². The number of sulfonamides is 1. The van der Waals surface area contributed by atoms with Gasteiger partial charge in [-0.2, -0.15) is 17.9 Å². The van der Waals surface area contributed by atoms with Crippen LogP contribution in [0, 0.1) is 12.7 Å². The number of aryl methyl sites for hydroxylation is 1. The Morgan fingerprint density at radius 2 is 1.59 bits per heavy atom. The molecule has 3 aromatic carbocycles. The highest BCUT2D eigenvalue weighted by molar-refractivity contribution is 7.89. The van der Waals surface area contributed by atoms with E-state index in [1.165, 1.54) is 12.1 Å². The summed E-state index contributed by atoms with van der Waals surface area (Å²) in [5, 5.41) is 4.54. The molecule has 4 rings (SSSR count). The maximum absolute atomic E-state index is 13.6. The third-order valence-corrected chi connectivity index (χ3v) is 7.27. The molecule has 0 radical (unpaired) electrons. The van der Waals surface area contributed by atoms with E-state index in [2.05, 4.69) is 5.10 Å². The monoisotopic (exact) mass is 454 g/mol. The van der Waals surface area contributed by atoms with Gasteiger partial charge in [0.05, 0.1) is 30.9 Å². The van der Waals surface area contributed by atoms with Gasteiger partial charge in [-0.1, -0.05) is 30.3 Å². The molecule has 3 aromatic rings. The number of hydrogen-bond donors (Lipinski definition) is 0. The number of hydrogen-bond acceptors (Lipinski definition) is 5. The second-order valence-corrected chi connectivity index (χ2v) is 9.23. The van der Waals surface area contributed by atoms with Gasteiger partial charge < -0.3 is 9.47 Å². The van der Waals surface area contributed by atoms with E-state index in [1.54, 1.807) is 75.7 Å². The predicted molar refractivity (Wildman–Crippen MR) is 120 cm³/mol. The molecule has 1 heterocycles. The van der Waals surface area contributed by atoms with Crippen LogP contribution in [0.4, 0.5) is 4.39 Å². The van der Waals surface area contributed by atoms with E-state index in [9.17, 15) is 12.8 Å². The van der Waals surface area contributed by atoms with Crippen LogP contribution in [-0.2, 0) is 10.0 Å². The summed E-state index contributed by atoms with van der Waals surface area (Å²) >= 11 is 0. The first kappa shape index (κ1) is 21.8. The third kappa shape index (κ3) is 4.05. The average Bonchev–Trinajstić information content (AvgIpc) is 3.26. The Morgan fingerprint density at radius 1 is 0.969 bits per heavy atom. The number of hydrazone groups is 1. The minimum absolute atomic E-state index is 0.181. The Balaban J connectivity index is 1.84. The van der Waals surface area contributed by atoms with Crippen LogP contribution in [0.5, 0.6) is 11.5 Å². The minimum Gasteiger partial charge on any atom is -0.497 e. The lowest BCUT2D eigenvalue weighted by molar-refractivity contribution is 0.371. The standard InChI is InChI=1S/C24H23FN2O4S/c1-16-6-4-5-7-24(16)32(28,29)27-23(17-8-10-19(25)11-9-17)15-22(26-27)18-12-20(30-2)14-21(13-18)31-3/h4-14,23H,15H2,1-3H3. The van der Waals surface area contributed by atoms with Crippen LogP contribution >= 0.6 is 0 Å². The first-order valence-electron chi connectivity index (χ1n) is 10.00. The van der Waals surface area contributed by atoms with Gasteiger partial charge in [-0.3, -0.25) is 0 Å². The molecule has 1 atom stereocenters. The van der Waals surface area contributed by atoms with Gasteiger partial charge in [0.2, 0.25) is 0 Å². The highest BCUT2D eigenvalue weighted by Crippen LogP contribution is 2.38. The molecule has 0 N–H and O–H groups in total. The lowest BCUT2D eigenvalue weighted by atomic mass is 9.99. The highest BCUT2D eigenvalue weighted by Gasteiger charge is 2.38. The van der Waals surface area contributed by atoms with Crippen molar-refractivity contribution in [1.82, 2.24) is 4.41 Å². The van der Waals surface area contributed by atoms with Crippen molar-refractivity contribution in [2.45, 2.75) is 24.3 Å². The molecular weight excluding hydrogens is 431 g/mol. The molecule has 0 amide bonds. The van der Waals surface area contributed by atoms with Crippen LogP contribution in [-0.4, -0.2) is 32.8 Å². The number of benzene rings is 3. The zero-order valence-electron chi connectivity index (χ0n) is 17.9. The fourth-order valence-corrected chi connectivity index (χ4v) is 5.40. The molecule has 1 aliphatic heterocycles. The van der Waals surface area contributed by atoms with Crippen LogP contribution in [0.3, 0.4) is 0 Å². The van der Waals surface area contributed by atoms with Crippen LogP contribution in [0.15, 0.2) is 76.7 Å². The van der Waals surface area contributed by atoms with Crippen LogP contribution in [0.1, 0.15) is 29.2 Å². The zero-order valence-corrected chi connectivity index (χ0v) is 18.8. The van der Waals surface area contributed by atoms with Crippen molar-refractivity contribution >= 4 is 15.7 Å². The average molecular weight is 455 g/mol. The smallest absolute Gasteiger partial charge is 0.279 e. The summed E-state index contributed by atoms with van der Waals surface area (Å²) in [4.78, 5) is 0.181. The van der Waals surface area contributed by atoms with Crippen molar-refractivity contribution in [3.05, 3.63) is 89.2 Å². The summed E-state index contributed by atoms with van der Waals surface area (Å²) in [5.41, 5.74) is 2.53. The Bertz CT molecular complexity index is 1250. The molecule has 0 spiro atoms. The van der Waals surface area contributed by atoms with Gasteiger partial charge in [-0.15, -0.1) is 0 Å². The second kappa shape index (κ2) is 8.63. The van der Waals surface area contributed by atoms with E-state index in [1.807, 2.05) is 0 Å². The summed E-state index contributed by atoms with van der Waals surface area (Å²) in [6.07, 6.45) is 0.313. The van der Waals surface area contributed by atoms with E-state index in [4.69, 9.17) is 9.47 Å². The first-order valence-corrected chi connectivity index (χ1v) is 11.4. The zero-order chi connectivity index (χ0) is 22.9. The molecule has 0 fully saturated rings. The van der Waals surface area contributed by atoms with Crippen molar-refractivity contribution < 1.29 is 22.3 Å². The molecule has 0 aliphatic carbocycles. The van der Waals surface area contributed by atoms with Crippen LogP contribution < -0.4 is 9.47 Å². The quantitative estimate of drug-likeness (QED) is 0.542. The predicted octanol–water partition coefficient (Wildman–Crippen LogP) is 4.69. The maximum Gasteiger partial charge on any atom is 0.279 e. The summed E-state index contributed by atoms with van der Waals surface area (Å²) in [6.45, 7) is 1.74. The maximum atomic E-state index is 13.6. The molecule has 0 aromatic heterocycles. The largest absolute Gasteiger partial charge is 0.497 e. The Kier molecular flexibility index (Phi) is 5.88. The molecule has 166 valence electrons. The number of rotatable bonds is 6. The molecule has 32 heavy (non-hydrogen) atoms. The van der Waals surface area contributed by atoms with E-state index >= 15 is 0 Å². The van der Waals surface area contributed by atoms with Gasteiger partial charge in [-0.25, -0.2) is 4.39 Å². The van der Waals surface area contributed by atoms with Crippen LogP contribution in [0.2, 0.25) is 0 Å². The lowest BCUT2D eigenvalue weighted by Gasteiger charge is -2.24. The molecule has 1 unspecified atom stereocenters. The highest BCUT2D eigenvalue weighted by atomic mass is 32.2. The van der Waals surface area contributed by atoms with Crippen molar-refractivity contribution in [2.24, 2.45) is 5.10 Å². The molecule has 0 saturated heterocycles. The molecule has 1 aliphatic rings. The van der Waals surface area contributed by atoms with Crippen LogP contribution in [0.25, 0.3) is 0 Å². The molecule has 6 nitrogen and oxygen atoms in total. The van der Waals surface area contributed by atoms with Crippen molar-refractivity contribution in [3.63, 3.8) is 0 Å². The number of ether oxygens (including phenoxy) is 2. The fourth-order valence-electron chi connectivity index (χ4n) is 3.74. The van der Waals surface area contributed by atoms with Gasteiger partial charge in [0, 0.05) is 18.1 Å². The van der Waals surface area contributed by atoms with Gasteiger partial charge in [-0.05, 0) is 48.4 Å². The van der Waals surface area contributed by atoms with Crippen molar-refractivity contribution in [1.29, 1.82) is 0 Å². The van der Waals surface area contributed by atoms with Gasteiger partial charge in [0.15, 0.2) is 0 Å². The molecule has 0 bridgehead atoms. The molecule has 0 saturated carbocycles. The summed E-state index contributed by atoms with van der Waals surface area (Å²) in [7, 11) is -0.866. The SMILES string of the molecule is COc1cc(OC)cc(C2=NN(S(=O)(=O)c3ccccc3C)C(c3ccc(F)cc3)C2)c1. The van der Waals surface area contributed by atoms with E-state index in [0.717, 1.165) is 4.41 Å². The second-order valence-electron chi connectivity index (χ2n) is 7.46. The van der Waals surface area contributed by atoms with Gasteiger partial charge >= 0.3 is 0 Å². The van der Waals surface area contributed by atoms with E-state index in [-0.39, 0.29) is 4.90 Å². The normalized spacial score (nSPS) is 16.1. The Hall–Kier alpha value is -3.39. The first-order chi connectivity index (χ1) is 15.3. The van der Waals surface area contributed by atoms with E-state index in [0.29, 0.717) is 40.3 Å². The van der Waals surface area contributed by atoms with E-state index < -0.39 is 21.9 Å². The number of methoxy groups -OCH3 is 2. The number of nitrogens with zero attached hydrogens (tertiary/aromatic N) is 2. The van der Waals surface area contributed by atoms with Gasteiger partial charge in [0.1, 0.15) is 17.3 Å². The summed E-state index contributed by atoms with van der Waals surface area (Å²) < 4.78 is 52.6. The summed E-state index contributed by atoms with van der Waals surface area (Å²) in [5.74, 6) is 0.750. The Labute approximate surface area is 187 Å². The molecule has 8 heteroatoms. The minimum atomic E-state index is -3.96.